The third kappa shape index (κ3) is 22.7. The van der Waals surface area contributed by atoms with E-state index in [0.717, 1.165) is 32.1 Å². The summed E-state index contributed by atoms with van der Waals surface area (Å²) in [5.74, 6) is 0.0743. The van der Waals surface area contributed by atoms with E-state index < -0.39 is 0 Å². The Hall–Kier alpha value is -0.530. The van der Waals surface area contributed by atoms with E-state index in [-0.39, 0.29) is 11.4 Å². The molecule has 0 bridgehead atoms. The number of hydrogen-bond acceptors (Lipinski definition) is 2. The second-order valence-electron chi connectivity index (χ2n) is 12.0. The molecule has 0 aromatic rings. The molecule has 2 heteroatoms. The van der Waals surface area contributed by atoms with Crippen molar-refractivity contribution in [1.29, 1.82) is 0 Å². The van der Waals surface area contributed by atoms with Crippen LogP contribution in [0.5, 0.6) is 0 Å². The van der Waals surface area contributed by atoms with Crippen LogP contribution in [0.15, 0.2) is 0 Å². The van der Waals surface area contributed by atoms with Gasteiger partial charge in [0.25, 0.3) is 0 Å². The zero-order valence-electron chi connectivity index (χ0n) is 25.6. The SMILES string of the molecule is CCCCCCCCCCCCCCCCC(C)(CCCC)C(=O)OCCCCCCCCCCC. The van der Waals surface area contributed by atoms with Gasteiger partial charge in [0.2, 0.25) is 0 Å². The van der Waals surface area contributed by atoms with Gasteiger partial charge in [-0.25, -0.2) is 0 Å². The summed E-state index contributed by atoms with van der Waals surface area (Å²) >= 11 is 0. The number of rotatable bonds is 29. The van der Waals surface area contributed by atoms with Crippen LogP contribution >= 0.6 is 0 Å². The fraction of sp³-hybridized carbons (Fsp3) is 0.971. The van der Waals surface area contributed by atoms with Crippen molar-refractivity contribution in [3.8, 4) is 0 Å². The highest BCUT2D eigenvalue weighted by atomic mass is 16.5. The fourth-order valence-corrected chi connectivity index (χ4v) is 5.36. The molecule has 0 aromatic carbocycles. The van der Waals surface area contributed by atoms with Crippen molar-refractivity contribution in [3.63, 3.8) is 0 Å². The van der Waals surface area contributed by atoms with E-state index in [1.54, 1.807) is 0 Å². The number of hydrogen-bond donors (Lipinski definition) is 0. The Kier molecular flexibility index (Phi) is 27.1. The minimum Gasteiger partial charge on any atom is -0.465 e. The van der Waals surface area contributed by atoms with Gasteiger partial charge in [-0.1, -0.05) is 175 Å². The van der Waals surface area contributed by atoms with Crippen LogP contribution in [0.4, 0.5) is 0 Å². The summed E-state index contributed by atoms with van der Waals surface area (Å²) in [6.45, 7) is 9.58. The fourth-order valence-electron chi connectivity index (χ4n) is 5.36. The van der Waals surface area contributed by atoms with E-state index in [4.69, 9.17) is 4.74 Å². The molecule has 0 saturated carbocycles. The average Bonchev–Trinajstić information content (AvgIpc) is 2.88. The molecule has 2 nitrogen and oxygen atoms in total. The van der Waals surface area contributed by atoms with Crippen LogP contribution < -0.4 is 0 Å². The highest BCUT2D eigenvalue weighted by molar-refractivity contribution is 5.76. The molecule has 1 unspecified atom stereocenters. The molecule has 0 radical (unpaired) electrons. The van der Waals surface area contributed by atoms with Crippen LogP contribution in [-0.2, 0) is 9.53 Å². The van der Waals surface area contributed by atoms with Crippen LogP contribution in [0, 0.1) is 5.41 Å². The molecule has 0 heterocycles. The standard InChI is InChI=1S/C34H68O2/c1-5-8-11-13-15-17-18-19-20-21-22-24-26-28-31-34(4,30-10-7-3)33(35)36-32-29-27-25-23-16-14-12-9-6-2/h5-32H2,1-4H3. The van der Waals surface area contributed by atoms with Crippen molar-refractivity contribution in [2.45, 2.75) is 201 Å². The van der Waals surface area contributed by atoms with Gasteiger partial charge in [-0.2, -0.15) is 0 Å². The van der Waals surface area contributed by atoms with Crippen molar-refractivity contribution in [1.82, 2.24) is 0 Å². The minimum absolute atomic E-state index is 0.0743. The molecule has 0 rings (SSSR count). The Morgan fingerprint density at radius 3 is 1.14 bits per heavy atom. The zero-order chi connectivity index (χ0) is 26.6. The molecule has 0 aliphatic rings. The summed E-state index contributed by atoms with van der Waals surface area (Å²) in [6.07, 6.45) is 35.3. The first kappa shape index (κ1) is 35.5. The Morgan fingerprint density at radius 2 is 0.750 bits per heavy atom. The lowest BCUT2D eigenvalue weighted by Gasteiger charge is -2.27. The number of carbonyl (C=O) groups is 1. The average molecular weight is 509 g/mol. The maximum Gasteiger partial charge on any atom is 0.311 e. The highest BCUT2D eigenvalue weighted by Crippen LogP contribution is 2.33. The lowest BCUT2D eigenvalue weighted by molar-refractivity contribution is -0.156. The molecule has 0 fully saturated rings. The van der Waals surface area contributed by atoms with Gasteiger partial charge >= 0.3 is 5.97 Å². The van der Waals surface area contributed by atoms with Gasteiger partial charge in [-0.3, -0.25) is 4.79 Å². The quantitative estimate of drug-likeness (QED) is 0.0741. The maximum atomic E-state index is 12.9. The van der Waals surface area contributed by atoms with E-state index >= 15 is 0 Å². The summed E-state index contributed by atoms with van der Waals surface area (Å²) in [4.78, 5) is 12.9. The van der Waals surface area contributed by atoms with Gasteiger partial charge in [0, 0.05) is 0 Å². The van der Waals surface area contributed by atoms with Gasteiger partial charge < -0.3 is 4.74 Å². The van der Waals surface area contributed by atoms with E-state index in [1.807, 2.05) is 0 Å². The normalized spacial score (nSPS) is 13.1. The Bertz CT molecular complexity index is 446. The lowest BCUT2D eigenvalue weighted by Crippen LogP contribution is -2.30. The predicted octanol–water partition coefficient (Wildman–Crippen LogP) is 12.1. The molecular formula is C34H68O2. The summed E-state index contributed by atoms with van der Waals surface area (Å²) in [6, 6.07) is 0. The second kappa shape index (κ2) is 27.5. The van der Waals surface area contributed by atoms with Crippen LogP contribution in [0.2, 0.25) is 0 Å². The molecule has 1 atom stereocenters. The number of esters is 1. The van der Waals surface area contributed by atoms with Gasteiger partial charge in [0.05, 0.1) is 12.0 Å². The number of carbonyl (C=O) groups excluding carboxylic acids is 1. The predicted molar refractivity (Wildman–Crippen MR) is 161 cm³/mol. The van der Waals surface area contributed by atoms with Crippen LogP contribution in [0.1, 0.15) is 201 Å². The molecule has 0 spiro atoms. The van der Waals surface area contributed by atoms with Crippen molar-refractivity contribution < 1.29 is 9.53 Å². The molecule has 0 aliphatic carbocycles. The topological polar surface area (TPSA) is 26.3 Å². The molecular weight excluding hydrogens is 440 g/mol. The molecule has 0 aromatic heterocycles. The third-order valence-corrected chi connectivity index (χ3v) is 8.14. The van der Waals surface area contributed by atoms with Crippen molar-refractivity contribution in [2.24, 2.45) is 5.41 Å². The van der Waals surface area contributed by atoms with Crippen LogP contribution in [0.3, 0.4) is 0 Å². The molecule has 216 valence electrons. The second-order valence-corrected chi connectivity index (χ2v) is 12.0. The van der Waals surface area contributed by atoms with Gasteiger partial charge in [0.15, 0.2) is 0 Å². The monoisotopic (exact) mass is 509 g/mol. The van der Waals surface area contributed by atoms with Crippen molar-refractivity contribution in [3.05, 3.63) is 0 Å². The van der Waals surface area contributed by atoms with Crippen LogP contribution in [-0.4, -0.2) is 12.6 Å². The van der Waals surface area contributed by atoms with E-state index in [0.29, 0.717) is 6.61 Å². The van der Waals surface area contributed by atoms with E-state index in [2.05, 4.69) is 27.7 Å². The summed E-state index contributed by atoms with van der Waals surface area (Å²) < 4.78 is 5.79. The summed E-state index contributed by atoms with van der Waals surface area (Å²) in [5.41, 5.74) is -0.271. The van der Waals surface area contributed by atoms with Crippen molar-refractivity contribution in [2.75, 3.05) is 6.61 Å². The largest absolute Gasteiger partial charge is 0.465 e. The first-order valence-electron chi connectivity index (χ1n) is 16.8. The Morgan fingerprint density at radius 1 is 0.444 bits per heavy atom. The minimum atomic E-state index is -0.271. The first-order valence-corrected chi connectivity index (χ1v) is 16.8. The van der Waals surface area contributed by atoms with E-state index in [1.165, 1.54) is 141 Å². The van der Waals surface area contributed by atoms with Gasteiger partial charge in [0.1, 0.15) is 0 Å². The summed E-state index contributed by atoms with van der Waals surface area (Å²) in [5, 5.41) is 0. The lowest BCUT2D eigenvalue weighted by atomic mass is 9.80. The van der Waals surface area contributed by atoms with Crippen molar-refractivity contribution >= 4 is 5.97 Å². The molecule has 36 heavy (non-hydrogen) atoms. The Balaban J connectivity index is 3.82. The molecule has 0 saturated heterocycles. The smallest absolute Gasteiger partial charge is 0.311 e. The van der Waals surface area contributed by atoms with Crippen LogP contribution in [0.25, 0.3) is 0 Å². The number of unbranched alkanes of at least 4 members (excludes halogenated alkanes) is 22. The van der Waals surface area contributed by atoms with E-state index in [9.17, 15) is 4.79 Å². The van der Waals surface area contributed by atoms with Gasteiger partial charge in [-0.15, -0.1) is 0 Å². The molecule has 0 aliphatic heterocycles. The third-order valence-electron chi connectivity index (χ3n) is 8.14. The maximum absolute atomic E-state index is 12.9. The molecule has 0 amide bonds. The molecule has 0 N–H and O–H groups in total. The summed E-state index contributed by atoms with van der Waals surface area (Å²) in [7, 11) is 0. The number of ether oxygens (including phenoxy) is 1. The van der Waals surface area contributed by atoms with Gasteiger partial charge in [-0.05, 0) is 26.2 Å². The zero-order valence-corrected chi connectivity index (χ0v) is 25.6. The first-order chi connectivity index (χ1) is 17.6. The highest BCUT2D eigenvalue weighted by Gasteiger charge is 2.33. The Labute approximate surface area is 228 Å².